The van der Waals surface area contributed by atoms with Gasteiger partial charge in [-0.2, -0.15) is 0 Å². The van der Waals surface area contributed by atoms with Crippen molar-refractivity contribution < 1.29 is 19.0 Å². The van der Waals surface area contributed by atoms with Gasteiger partial charge >= 0.3 is 0 Å². The fraction of sp³-hybridized carbons (Fsp3) is 0.250. The van der Waals surface area contributed by atoms with E-state index in [9.17, 15) is 9.50 Å². The molecule has 1 saturated heterocycles. The van der Waals surface area contributed by atoms with Gasteiger partial charge in [0.2, 0.25) is 12.5 Å². The highest BCUT2D eigenvalue weighted by molar-refractivity contribution is 5.57. The molecule has 0 aromatic heterocycles. The molecule has 0 saturated carbocycles. The van der Waals surface area contributed by atoms with E-state index in [0.29, 0.717) is 18.0 Å². The Kier molecular flexibility index (Phi) is 3.13. The molecule has 2 aromatic carbocycles. The summed E-state index contributed by atoms with van der Waals surface area (Å²) < 4.78 is 23.7. The van der Waals surface area contributed by atoms with E-state index in [1.807, 2.05) is 6.07 Å². The van der Waals surface area contributed by atoms with Crippen LogP contribution in [0.25, 0.3) is 0 Å². The SMILES string of the molecule is Oc1c(C2NNCC2c2ccc(F)cc2)ccc2c1OCO2. The fourth-order valence-electron chi connectivity index (χ4n) is 3.04. The Morgan fingerprint density at radius 2 is 1.91 bits per heavy atom. The van der Waals surface area contributed by atoms with E-state index < -0.39 is 0 Å². The third-order valence-corrected chi connectivity index (χ3v) is 4.16. The standard InChI is InChI=1S/C16H15FN2O3/c17-10-3-1-9(2-4-10)12-7-18-19-14(12)11-5-6-13-16(15(11)20)22-8-21-13/h1-6,12,14,18-20H,7-8H2. The number of benzene rings is 2. The molecule has 2 heterocycles. The molecule has 114 valence electrons. The van der Waals surface area contributed by atoms with E-state index in [1.165, 1.54) is 12.1 Å². The van der Waals surface area contributed by atoms with Gasteiger partial charge in [-0.1, -0.05) is 12.1 Å². The van der Waals surface area contributed by atoms with Crippen molar-refractivity contribution in [3.63, 3.8) is 0 Å². The predicted molar refractivity (Wildman–Crippen MR) is 77.3 cm³/mol. The van der Waals surface area contributed by atoms with E-state index >= 15 is 0 Å². The van der Waals surface area contributed by atoms with Gasteiger partial charge in [0.25, 0.3) is 0 Å². The molecule has 0 amide bonds. The smallest absolute Gasteiger partial charge is 0.231 e. The predicted octanol–water partition coefficient (Wildman–Crippen LogP) is 2.19. The summed E-state index contributed by atoms with van der Waals surface area (Å²) in [6.07, 6.45) is 0. The Bertz CT molecular complexity index is 705. The topological polar surface area (TPSA) is 62.8 Å². The highest BCUT2D eigenvalue weighted by atomic mass is 19.1. The maximum absolute atomic E-state index is 13.1. The zero-order chi connectivity index (χ0) is 15.1. The molecular weight excluding hydrogens is 287 g/mol. The van der Waals surface area contributed by atoms with Gasteiger partial charge in [0.15, 0.2) is 11.5 Å². The van der Waals surface area contributed by atoms with Gasteiger partial charge < -0.3 is 14.6 Å². The molecule has 0 bridgehead atoms. The number of nitrogens with one attached hydrogen (secondary N) is 2. The third kappa shape index (κ3) is 2.08. The Hall–Kier alpha value is -2.31. The lowest BCUT2D eigenvalue weighted by Gasteiger charge is -2.20. The van der Waals surface area contributed by atoms with Crippen molar-refractivity contribution in [2.45, 2.75) is 12.0 Å². The molecule has 0 radical (unpaired) electrons. The van der Waals surface area contributed by atoms with Gasteiger partial charge in [0, 0.05) is 18.0 Å². The maximum atomic E-state index is 13.1. The molecule has 2 aromatic rings. The van der Waals surface area contributed by atoms with E-state index in [2.05, 4.69) is 10.9 Å². The zero-order valence-corrected chi connectivity index (χ0v) is 11.7. The maximum Gasteiger partial charge on any atom is 0.231 e. The highest BCUT2D eigenvalue weighted by Gasteiger charge is 2.33. The van der Waals surface area contributed by atoms with Crippen molar-refractivity contribution in [3.8, 4) is 17.2 Å². The van der Waals surface area contributed by atoms with Crippen LogP contribution in [0, 0.1) is 5.82 Å². The van der Waals surface area contributed by atoms with Crippen LogP contribution in [-0.4, -0.2) is 18.4 Å². The highest BCUT2D eigenvalue weighted by Crippen LogP contribution is 2.47. The largest absolute Gasteiger partial charge is 0.504 e. The Balaban J connectivity index is 1.71. The minimum atomic E-state index is -0.259. The number of rotatable bonds is 2. The lowest BCUT2D eigenvalue weighted by atomic mass is 9.88. The summed E-state index contributed by atoms with van der Waals surface area (Å²) >= 11 is 0. The summed E-state index contributed by atoms with van der Waals surface area (Å²) in [6.45, 7) is 0.800. The summed E-state index contributed by atoms with van der Waals surface area (Å²) in [5.41, 5.74) is 8.00. The van der Waals surface area contributed by atoms with Gasteiger partial charge in [-0.25, -0.2) is 9.82 Å². The van der Waals surface area contributed by atoms with Crippen molar-refractivity contribution >= 4 is 0 Å². The zero-order valence-electron chi connectivity index (χ0n) is 11.7. The minimum Gasteiger partial charge on any atom is -0.504 e. The number of hydrazine groups is 1. The molecule has 2 atom stereocenters. The van der Waals surface area contributed by atoms with Crippen LogP contribution in [0.3, 0.4) is 0 Å². The van der Waals surface area contributed by atoms with Crippen molar-refractivity contribution in [1.29, 1.82) is 0 Å². The van der Waals surface area contributed by atoms with Gasteiger partial charge in [-0.05, 0) is 29.8 Å². The van der Waals surface area contributed by atoms with Crippen LogP contribution in [0.4, 0.5) is 4.39 Å². The average Bonchev–Trinajstić information content (AvgIpc) is 3.17. The molecule has 6 heteroatoms. The first-order chi connectivity index (χ1) is 10.7. The van der Waals surface area contributed by atoms with Gasteiger partial charge in [0.1, 0.15) is 5.82 Å². The molecule has 0 spiro atoms. The molecule has 3 N–H and O–H groups in total. The number of hydrogen-bond donors (Lipinski definition) is 3. The van der Waals surface area contributed by atoms with Crippen LogP contribution in [0.1, 0.15) is 23.1 Å². The van der Waals surface area contributed by atoms with Crippen molar-refractivity contribution in [3.05, 3.63) is 53.3 Å². The first kappa shape index (κ1) is 13.4. The summed E-state index contributed by atoms with van der Waals surface area (Å²) in [6, 6.07) is 9.91. The number of hydrogen-bond acceptors (Lipinski definition) is 5. The summed E-state index contributed by atoms with van der Waals surface area (Å²) in [5.74, 6) is 0.829. The van der Waals surface area contributed by atoms with Crippen LogP contribution < -0.4 is 20.3 Å². The van der Waals surface area contributed by atoms with Crippen LogP contribution in [0.15, 0.2) is 36.4 Å². The molecule has 2 aliphatic heterocycles. The number of phenolic OH excluding ortho intramolecular Hbond substituents is 1. The third-order valence-electron chi connectivity index (χ3n) is 4.16. The monoisotopic (exact) mass is 302 g/mol. The first-order valence-electron chi connectivity index (χ1n) is 7.09. The number of phenols is 1. The van der Waals surface area contributed by atoms with E-state index in [0.717, 1.165) is 11.1 Å². The summed E-state index contributed by atoms with van der Waals surface area (Å²) in [5, 5.41) is 10.4. The molecule has 2 unspecified atom stereocenters. The van der Waals surface area contributed by atoms with Crippen LogP contribution >= 0.6 is 0 Å². The number of fused-ring (bicyclic) bond motifs is 1. The van der Waals surface area contributed by atoms with Crippen molar-refractivity contribution in [1.82, 2.24) is 10.9 Å². The van der Waals surface area contributed by atoms with Crippen LogP contribution in [-0.2, 0) is 0 Å². The first-order valence-corrected chi connectivity index (χ1v) is 7.09. The quantitative estimate of drug-likeness (QED) is 0.794. The minimum absolute atomic E-state index is 0.0758. The van der Waals surface area contributed by atoms with Gasteiger partial charge in [-0.3, -0.25) is 5.43 Å². The second-order valence-electron chi connectivity index (χ2n) is 5.40. The molecule has 22 heavy (non-hydrogen) atoms. The van der Waals surface area contributed by atoms with E-state index in [1.54, 1.807) is 18.2 Å². The molecule has 2 aliphatic rings. The summed E-state index contributed by atoms with van der Waals surface area (Å²) in [4.78, 5) is 0. The van der Waals surface area contributed by atoms with E-state index in [4.69, 9.17) is 9.47 Å². The molecular formula is C16H15FN2O3. The number of aromatic hydroxyl groups is 1. The molecule has 1 fully saturated rings. The number of ether oxygens (including phenoxy) is 2. The van der Waals surface area contributed by atoms with Crippen LogP contribution in [0.2, 0.25) is 0 Å². The Morgan fingerprint density at radius 3 is 2.73 bits per heavy atom. The van der Waals surface area contributed by atoms with E-state index in [-0.39, 0.29) is 30.3 Å². The van der Waals surface area contributed by atoms with Gasteiger partial charge in [-0.15, -0.1) is 0 Å². The second-order valence-corrected chi connectivity index (χ2v) is 5.40. The molecule has 4 rings (SSSR count). The second kappa shape index (κ2) is 5.15. The van der Waals surface area contributed by atoms with Gasteiger partial charge in [0.05, 0.1) is 6.04 Å². The lowest BCUT2D eigenvalue weighted by Crippen LogP contribution is -2.25. The summed E-state index contributed by atoms with van der Waals surface area (Å²) in [7, 11) is 0. The lowest BCUT2D eigenvalue weighted by molar-refractivity contribution is 0.171. The van der Waals surface area contributed by atoms with Crippen LogP contribution in [0.5, 0.6) is 17.2 Å². The number of halogens is 1. The Morgan fingerprint density at radius 1 is 1.09 bits per heavy atom. The fourth-order valence-corrected chi connectivity index (χ4v) is 3.04. The van der Waals surface area contributed by atoms with Crippen molar-refractivity contribution in [2.75, 3.05) is 13.3 Å². The van der Waals surface area contributed by atoms with Crippen molar-refractivity contribution in [2.24, 2.45) is 0 Å². The normalized spacial score (nSPS) is 23.0. The molecule has 5 nitrogen and oxygen atoms in total. The Labute approximate surface area is 126 Å². The average molecular weight is 302 g/mol. The molecule has 0 aliphatic carbocycles.